The van der Waals surface area contributed by atoms with Gasteiger partial charge in [0.25, 0.3) is 11.8 Å². The van der Waals surface area contributed by atoms with Crippen molar-refractivity contribution >= 4 is 73.2 Å². The van der Waals surface area contributed by atoms with Crippen LogP contribution in [0.2, 0.25) is 5.02 Å². The summed E-state index contributed by atoms with van der Waals surface area (Å²) < 4.78 is 28.6. The van der Waals surface area contributed by atoms with Crippen molar-refractivity contribution in [1.29, 1.82) is 0 Å². The fraction of sp³-hybridized carbons (Fsp3) is 0.214. The Balaban J connectivity index is 1.68. The van der Waals surface area contributed by atoms with Gasteiger partial charge >= 0.3 is 0 Å². The molecule has 1 aromatic heterocycles. The van der Waals surface area contributed by atoms with E-state index < -0.39 is 27.7 Å². The van der Waals surface area contributed by atoms with Gasteiger partial charge in [-0.15, -0.1) is 0 Å². The molecular formula is C28H26ClN5O6S. The van der Waals surface area contributed by atoms with E-state index in [1.807, 2.05) is 0 Å². The summed E-state index contributed by atoms with van der Waals surface area (Å²) in [7, 11) is -0.363. The predicted molar refractivity (Wildman–Crippen MR) is 156 cm³/mol. The normalized spacial score (nSPS) is 13.1. The lowest BCUT2D eigenvalue weighted by Gasteiger charge is -2.13. The highest BCUT2D eigenvalue weighted by atomic mass is 35.5. The van der Waals surface area contributed by atoms with E-state index in [2.05, 4.69) is 15.4 Å². The minimum Gasteiger partial charge on any atom is -0.340 e. The fourth-order valence-corrected chi connectivity index (χ4v) is 6.42. The number of imide groups is 1. The number of aryl methyl sites for hydroxylation is 1. The van der Waals surface area contributed by atoms with Crippen molar-refractivity contribution in [1.82, 2.24) is 19.5 Å². The molecule has 0 bridgehead atoms. The van der Waals surface area contributed by atoms with E-state index in [1.165, 1.54) is 0 Å². The second-order valence-electron chi connectivity index (χ2n) is 9.87. The quantitative estimate of drug-likeness (QED) is 0.189. The Kier molecular flexibility index (Phi) is 7.56. The van der Waals surface area contributed by atoms with Gasteiger partial charge in [0.05, 0.1) is 22.4 Å². The number of nitrogens with zero attached hydrogens (tertiary/aromatic N) is 2. The van der Waals surface area contributed by atoms with Crippen LogP contribution in [-0.4, -0.2) is 68.4 Å². The number of sulfonamides is 1. The Labute approximate surface area is 240 Å². The highest BCUT2D eigenvalue weighted by molar-refractivity contribution is 7.90. The van der Waals surface area contributed by atoms with Crippen molar-refractivity contribution in [2.45, 2.75) is 13.0 Å². The van der Waals surface area contributed by atoms with Crippen LogP contribution in [0.3, 0.4) is 0 Å². The van der Waals surface area contributed by atoms with Gasteiger partial charge in [0.15, 0.2) is 0 Å². The minimum absolute atomic E-state index is 0.0613. The maximum absolute atomic E-state index is 13.2. The molecule has 13 heteroatoms. The van der Waals surface area contributed by atoms with Crippen LogP contribution in [0.15, 0.2) is 48.5 Å². The summed E-state index contributed by atoms with van der Waals surface area (Å²) in [5.41, 5.74) is 2.92. The molecule has 0 saturated carbocycles. The van der Waals surface area contributed by atoms with Gasteiger partial charge < -0.3 is 14.8 Å². The van der Waals surface area contributed by atoms with Crippen molar-refractivity contribution in [3.63, 3.8) is 0 Å². The Morgan fingerprint density at radius 2 is 1.76 bits per heavy atom. The smallest absolute Gasteiger partial charge is 0.259 e. The van der Waals surface area contributed by atoms with Crippen molar-refractivity contribution in [3.05, 3.63) is 64.7 Å². The minimum atomic E-state index is -3.83. The zero-order valence-electron chi connectivity index (χ0n) is 22.2. The average molecular weight is 596 g/mol. The molecule has 0 fully saturated rings. The SMILES string of the molecule is CN(C)CCS(=O)(=O)NC(=O)CCn1c2ccc(NC=O)cc2c2c3c(c(-c4ccccc4Cl)cc21)C(=O)NC3=O. The molecule has 2 heterocycles. The van der Waals surface area contributed by atoms with Gasteiger partial charge in [-0.25, -0.2) is 8.42 Å². The molecule has 0 unspecified atom stereocenters. The number of hydrogen-bond donors (Lipinski definition) is 3. The summed E-state index contributed by atoms with van der Waals surface area (Å²) in [5, 5.41) is 6.38. The predicted octanol–water partition coefficient (Wildman–Crippen LogP) is 2.96. The maximum Gasteiger partial charge on any atom is 0.259 e. The molecule has 11 nitrogen and oxygen atoms in total. The maximum atomic E-state index is 13.2. The van der Waals surface area contributed by atoms with Crippen LogP contribution in [0.5, 0.6) is 0 Å². The second kappa shape index (κ2) is 11.0. The van der Waals surface area contributed by atoms with Gasteiger partial charge in [0, 0.05) is 52.1 Å². The second-order valence-corrected chi connectivity index (χ2v) is 12.1. The molecule has 0 aliphatic carbocycles. The Morgan fingerprint density at radius 1 is 1.02 bits per heavy atom. The summed E-state index contributed by atoms with van der Waals surface area (Å²) in [6.45, 7) is 0.315. The highest BCUT2D eigenvalue weighted by Gasteiger charge is 2.35. The van der Waals surface area contributed by atoms with E-state index in [4.69, 9.17) is 11.6 Å². The van der Waals surface area contributed by atoms with Crippen LogP contribution >= 0.6 is 11.6 Å². The van der Waals surface area contributed by atoms with Gasteiger partial charge in [0.1, 0.15) is 0 Å². The van der Waals surface area contributed by atoms with Gasteiger partial charge in [-0.2, -0.15) is 0 Å². The van der Waals surface area contributed by atoms with E-state index >= 15 is 0 Å². The third kappa shape index (κ3) is 5.41. The Hall–Kier alpha value is -4.26. The molecule has 5 rings (SSSR count). The number of rotatable bonds is 10. The highest BCUT2D eigenvalue weighted by Crippen LogP contribution is 2.42. The van der Waals surface area contributed by atoms with Crippen LogP contribution in [0.1, 0.15) is 27.1 Å². The van der Waals surface area contributed by atoms with Crippen LogP contribution in [0, 0.1) is 0 Å². The Bertz CT molecular complexity index is 1870. The molecule has 0 atom stereocenters. The average Bonchev–Trinajstić information content (AvgIpc) is 3.38. The van der Waals surface area contributed by atoms with Crippen molar-refractivity contribution in [2.24, 2.45) is 0 Å². The number of fused-ring (bicyclic) bond motifs is 5. The molecule has 1 aliphatic heterocycles. The largest absolute Gasteiger partial charge is 0.340 e. The van der Waals surface area contributed by atoms with E-state index in [1.54, 1.807) is 72.1 Å². The zero-order chi connectivity index (χ0) is 29.5. The van der Waals surface area contributed by atoms with E-state index in [0.29, 0.717) is 50.1 Å². The van der Waals surface area contributed by atoms with Crippen LogP contribution < -0.4 is 15.4 Å². The number of hydrogen-bond acceptors (Lipinski definition) is 7. The summed E-state index contributed by atoms with van der Waals surface area (Å²) in [5.74, 6) is -2.06. The first-order chi connectivity index (χ1) is 19.5. The molecule has 3 aromatic carbocycles. The molecule has 41 heavy (non-hydrogen) atoms. The number of benzene rings is 3. The lowest BCUT2D eigenvalue weighted by molar-refractivity contribution is -0.119. The molecule has 0 saturated heterocycles. The van der Waals surface area contributed by atoms with Crippen molar-refractivity contribution < 1.29 is 27.6 Å². The van der Waals surface area contributed by atoms with Crippen molar-refractivity contribution in [2.75, 3.05) is 31.7 Å². The first-order valence-electron chi connectivity index (χ1n) is 12.6. The zero-order valence-corrected chi connectivity index (χ0v) is 23.7. The summed E-state index contributed by atoms with van der Waals surface area (Å²) in [6, 6.07) is 13.7. The number of carbonyl (C=O) groups excluding carboxylic acids is 4. The first-order valence-corrected chi connectivity index (χ1v) is 14.7. The topological polar surface area (TPSA) is 147 Å². The van der Waals surface area contributed by atoms with Crippen LogP contribution in [0.25, 0.3) is 32.9 Å². The molecular weight excluding hydrogens is 570 g/mol. The van der Waals surface area contributed by atoms with E-state index in [0.717, 1.165) is 0 Å². The molecule has 0 spiro atoms. The fourth-order valence-electron chi connectivity index (χ4n) is 5.03. The monoisotopic (exact) mass is 595 g/mol. The molecule has 4 amide bonds. The number of halogens is 1. The summed E-state index contributed by atoms with van der Waals surface area (Å²) in [4.78, 5) is 51.8. The van der Waals surface area contributed by atoms with Crippen LogP contribution in [0.4, 0.5) is 5.69 Å². The summed E-state index contributed by atoms with van der Waals surface area (Å²) >= 11 is 6.50. The third-order valence-electron chi connectivity index (χ3n) is 6.86. The van der Waals surface area contributed by atoms with Gasteiger partial charge in [0.2, 0.25) is 22.3 Å². The first kappa shape index (κ1) is 28.3. The van der Waals surface area contributed by atoms with Crippen molar-refractivity contribution in [3.8, 4) is 11.1 Å². The standard InChI is InChI=1S/C28H26ClN5O6S/c1-33(2)11-12-41(39,40)32-23(36)9-10-34-21-8-7-16(30-15-35)13-19(21)24-22(34)14-18(17-5-3-4-6-20(17)29)25-26(24)28(38)31-27(25)37/h3-8,13-15H,9-12H2,1-2H3,(H,30,35)(H,32,36)(H,31,37,38). The number of anilines is 1. The van der Waals surface area contributed by atoms with Crippen LogP contribution in [-0.2, 0) is 26.2 Å². The third-order valence-corrected chi connectivity index (χ3v) is 8.45. The molecule has 3 N–H and O–H groups in total. The molecule has 0 radical (unpaired) electrons. The van der Waals surface area contributed by atoms with E-state index in [-0.39, 0.29) is 36.4 Å². The number of amides is 4. The lowest BCUT2D eigenvalue weighted by Crippen LogP contribution is -2.36. The van der Waals surface area contributed by atoms with Gasteiger partial charge in [-0.1, -0.05) is 29.8 Å². The number of carbonyl (C=O) groups is 4. The number of nitrogens with one attached hydrogen (secondary N) is 3. The van der Waals surface area contributed by atoms with Gasteiger partial charge in [-0.3, -0.25) is 29.2 Å². The lowest BCUT2D eigenvalue weighted by atomic mass is 9.93. The molecule has 212 valence electrons. The van der Waals surface area contributed by atoms with E-state index in [9.17, 15) is 27.6 Å². The Morgan fingerprint density at radius 3 is 2.46 bits per heavy atom. The van der Waals surface area contributed by atoms with Gasteiger partial charge in [-0.05, 0) is 50.0 Å². The molecule has 1 aliphatic rings. The number of aromatic nitrogens is 1. The molecule has 4 aromatic rings. The summed E-state index contributed by atoms with van der Waals surface area (Å²) in [6.07, 6.45) is 0.343.